The number of ether oxygens (including phenoxy) is 2. The van der Waals surface area contributed by atoms with Crippen LogP contribution in [-0.4, -0.2) is 58.4 Å². The second kappa shape index (κ2) is 8.21. The normalized spacial score (nSPS) is 11.8. The molecule has 0 amide bonds. The summed E-state index contributed by atoms with van der Waals surface area (Å²) >= 11 is 0. The van der Waals surface area contributed by atoms with Crippen LogP contribution >= 0.6 is 0 Å². The Morgan fingerprint density at radius 2 is 1.85 bits per heavy atom. The molecule has 0 bridgehead atoms. The van der Waals surface area contributed by atoms with Gasteiger partial charge in [-0.3, -0.25) is 0 Å². The second-order valence-electron chi connectivity index (χ2n) is 4.22. The molecule has 7 heteroatoms. The van der Waals surface area contributed by atoms with Crippen molar-refractivity contribution >= 4 is 10.0 Å². The summed E-state index contributed by atoms with van der Waals surface area (Å²) in [4.78, 5) is 0.216. The molecule has 0 radical (unpaired) electrons. The third-order valence-electron chi connectivity index (χ3n) is 2.71. The summed E-state index contributed by atoms with van der Waals surface area (Å²) in [5.74, 6) is 0.528. The first-order valence-corrected chi connectivity index (χ1v) is 7.75. The summed E-state index contributed by atoms with van der Waals surface area (Å²) in [6.07, 6.45) is 0.643. The molecule has 114 valence electrons. The van der Waals surface area contributed by atoms with Gasteiger partial charge >= 0.3 is 0 Å². The molecule has 1 N–H and O–H groups in total. The van der Waals surface area contributed by atoms with Crippen LogP contribution in [0.1, 0.15) is 6.42 Å². The SMILES string of the molecule is COCCCN(C)S(=O)(=O)c1ccc(OCCO)cc1. The fourth-order valence-electron chi connectivity index (χ4n) is 1.60. The maximum Gasteiger partial charge on any atom is 0.242 e. The van der Waals surface area contributed by atoms with Gasteiger partial charge in [0.25, 0.3) is 0 Å². The molecule has 0 aromatic heterocycles. The third kappa shape index (κ3) is 4.75. The molecule has 1 aromatic rings. The van der Waals surface area contributed by atoms with E-state index in [9.17, 15) is 8.42 Å². The summed E-state index contributed by atoms with van der Waals surface area (Å²) in [7, 11) is -0.358. The Morgan fingerprint density at radius 1 is 1.20 bits per heavy atom. The quantitative estimate of drug-likeness (QED) is 0.680. The predicted octanol–water partition coefficient (Wildman–Crippen LogP) is 0.715. The monoisotopic (exact) mass is 303 g/mol. The van der Waals surface area contributed by atoms with E-state index >= 15 is 0 Å². The van der Waals surface area contributed by atoms with Crippen molar-refractivity contribution in [3.8, 4) is 5.75 Å². The molecule has 1 rings (SSSR count). The Hall–Kier alpha value is -1.15. The fraction of sp³-hybridized carbons (Fsp3) is 0.538. The van der Waals surface area contributed by atoms with Gasteiger partial charge in [0.1, 0.15) is 12.4 Å². The Kier molecular flexibility index (Phi) is 6.94. The van der Waals surface area contributed by atoms with E-state index in [0.29, 0.717) is 25.3 Å². The number of aliphatic hydroxyl groups is 1. The number of nitrogens with zero attached hydrogens (tertiary/aromatic N) is 1. The largest absolute Gasteiger partial charge is 0.491 e. The molecule has 0 saturated heterocycles. The summed E-state index contributed by atoms with van der Waals surface area (Å²) < 4.78 is 35.9. The van der Waals surface area contributed by atoms with Crippen LogP contribution in [0.15, 0.2) is 29.2 Å². The molecule has 20 heavy (non-hydrogen) atoms. The average molecular weight is 303 g/mol. The molecular formula is C13H21NO5S. The molecule has 0 spiro atoms. The van der Waals surface area contributed by atoms with E-state index in [4.69, 9.17) is 14.6 Å². The minimum Gasteiger partial charge on any atom is -0.491 e. The summed E-state index contributed by atoms with van der Waals surface area (Å²) in [6.45, 7) is 1.03. The highest BCUT2D eigenvalue weighted by Crippen LogP contribution is 2.18. The van der Waals surface area contributed by atoms with Gasteiger partial charge in [0.2, 0.25) is 10.0 Å². The Bertz CT molecular complexity index is 486. The highest BCUT2D eigenvalue weighted by atomic mass is 32.2. The molecular weight excluding hydrogens is 282 g/mol. The maximum atomic E-state index is 12.3. The average Bonchev–Trinajstić information content (AvgIpc) is 2.45. The summed E-state index contributed by atoms with van der Waals surface area (Å²) in [5.41, 5.74) is 0. The number of methoxy groups -OCH3 is 1. The third-order valence-corrected chi connectivity index (χ3v) is 4.58. The topological polar surface area (TPSA) is 76.1 Å². The Balaban J connectivity index is 2.71. The lowest BCUT2D eigenvalue weighted by atomic mass is 10.3. The first-order chi connectivity index (χ1) is 9.52. The van der Waals surface area contributed by atoms with Gasteiger partial charge in [0.05, 0.1) is 11.5 Å². The molecule has 1 aromatic carbocycles. The van der Waals surface area contributed by atoms with Crippen LogP contribution in [0.25, 0.3) is 0 Å². The molecule has 6 nitrogen and oxygen atoms in total. The van der Waals surface area contributed by atoms with Crippen LogP contribution in [0.3, 0.4) is 0 Å². The number of hydrogen-bond donors (Lipinski definition) is 1. The number of hydrogen-bond acceptors (Lipinski definition) is 5. The van der Waals surface area contributed by atoms with E-state index in [0.717, 1.165) is 0 Å². The highest BCUT2D eigenvalue weighted by Gasteiger charge is 2.20. The van der Waals surface area contributed by atoms with Gasteiger partial charge in [-0.2, -0.15) is 0 Å². The standard InChI is InChI=1S/C13H21NO5S/c1-14(8-3-10-18-2)20(16,17)13-6-4-12(5-7-13)19-11-9-15/h4-7,15H,3,8-11H2,1-2H3. The van der Waals surface area contributed by atoms with Gasteiger partial charge in [0, 0.05) is 27.3 Å². The van der Waals surface area contributed by atoms with Gasteiger partial charge in [-0.15, -0.1) is 0 Å². The zero-order chi connectivity index (χ0) is 15.0. The van der Waals surface area contributed by atoms with Crippen molar-refractivity contribution in [1.29, 1.82) is 0 Å². The van der Waals surface area contributed by atoms with Crippen molar-refractivity contribution in [1.82, 2.24) is 4.31 Å². The summed E-state index contributed by atoms with van der Waals surface area (Å²) in [6, 6.07) is 6.14. The van der Waals surface area contributed by atoms with Gasteiger partial charge in [-0.05, 0) is 30.7 Å². The van der Waals surface area contributed by atoms with Crippen molar-refractivity contribution in [2.75, 3.05) is 40.5 Å². The van der Waals surface area contributed by atoms with E-state index < -0.39 is 10.0 Å². The van der Waals surface area contributed by atoms with Crippen molar-refractivity contribution in [3.63, 3.8) is 0 Å². The van der Waals surface area contributed by atoms with Crippen LogP contribution in [-0.2, 0) is 14.8 Å². The van der Waals surface area contributed by atoms with E-state index in [1.54, 1.807) is 26.3 Å². The smallest absolute Gasteiger partial charge is 0.242 e. The number of aliphatic hydroxyl groups excluding tert-OH is 1. The number of benzene rings is 1. The second-order valence-corrected chi connectivity index (χ2v) is 6.26. The molecule has 0 fully saturated rings. The lowest BCUT2D eigenvalue weighted by Crippen LogP contribution is -2.28. The van der Waals surface area contributed by atoms with Crippen LogP contribution in [0, 0.1) is 0 Å². The predicted molar refractivity (Wildman–Crippen MR) is 75.3 cm³/mol. The number of sulfonamides is 1. The minimum atomic E-state index is -3.48. The maximum absolute atomic E-state index is 12.3. The van der Waals surface area contributed by atoms with Crippen molar-refractivity contribution in [2.24, 2.45) is 0 Å². The van der Waals surface area contributed by atoms with Gasteiger partial charge < -0.3 is 14.6 Å². The lowest BCUT2D eigenvalue weighted by molar-refractivity contribution is 0.189. The first-order valence-electron chi connectivity index (χ1n) is 6.31. The molecule has 0 saturated carbocycles. The molecule has 0 unspecified atom stereocenters. The fourth-order valence-corrected chi connectivity index (χ4v) is 2.81. The molecule has 0 aliphatic rings. The highest BCUT2D eigenvalue weighted by molar-refractivity contribution is 7.89. The molecule has 0 atom stereocenters. The van der Waals surface area contributed by atoms with Crippen LogP contribution in [0.4, 0.5) is 0 Å². The zero-order valence-electron chi connectivity index (χ0n) is 11.8. The van der Waals surface area contributed by atoms with Gasteiger partial charge in [-0.1, -0.05) is 0 Å². The van der Waals surface area contributed by atoms with Gasteiger partial charge in [-0.25, -0.2) is 12.7 Å². The van der Waals surface area contributed by atoms with E-state index in [2.05, 4.69) is 0 Å². The van der Waals surface area contributed by atoms with Crippen LogP contribution in [0.2, 0.25) is 0 Å². The number of rotatable bonds is 9. The zero-order valence-corrected chi connectivity index (χ0v) is 12.6. The molecule has 0 aliphatic heterocycles. The van der Waals surface area contributed by atoms with Crippen molar-refractivity contribution < 1.29 is 23.0 Å². The van der Waals surface area contributed by atoms with Crippen molar-refractivity contribution in [3.05, 3.63) is 24.3 Å². The molecule has 0 heterocycles. The van der Waals surface area contributed by atoms with Crippen LogP contribution < -0.4 is 4.74 Å². The Labute approximate surface area is 120 Å². The minimum absolute atomic E-state index is 0.0811. The van der Waals surface area contributed by atoms with E-state index in [1.807, 2.05) is 0 Å². The lowest BCUT2D eigenvalue weighted by Gasteiger charge is -2.17. The summed E-state index contributed by atoms with van der Waals surface area (Å²) in [5, 5.41) is 8.65. The van der Waals surface area contributed by atoms with E-state index in [1.165, 1.54) is 16.4 Å². The first kappa shape index (κ1) is 16.9. The Morgan fingerprint density at radius 3 is 2.40 bits per heavy atom. The van der Waals surface area contributed by atoms with Crippen molar-refractivity contribution in [2.45, 2.75) is 11.3 Å². The van der Waals surface area contributed by atoms with E-state index in [-0.39, 0.29) is 18.1 Å². The van der Waals surface area contributed by atoms with Crippen LogP contribution in [0.5, 0.6) is 5.75 Å². The molecule has 0 aliphatic carbocycles. The van der Waals surface area contributed by atoms with Gasteiger partial charge in [0.15, 0.2) is 0 Å².